The summed E-state index contributed by atoms with van der Waals surface area (Å²) in [5, 5.41) is 5.29. The molecule has 0 aliphatic heterocycles. The third-order valence-corrected chi connectivity index (χ3v) is 6.22. The van der Waals surface area contributed by atoms with Gasteiger partial charge in [-0.25, -0.2) is 0 Å². The summed E-state index contributed by atoms with van der Waals surface area (Å²) in [6.07, 6.45) is 0.862. The van der Waals surface area contributed by atoms with E-state index in [0.29, 0.717) is 40.7 Å². The number of anilines is 1. The molecule has 0 radical (unpaired) electrons. The molecule has 0 spiro atoms. The van der Waals surface area contributed by atoms with Crippen LogP contribution in [-0.4, -0.2) is 29.4 Å². The molecule has 3 amide bonds. The van der Waals surface area contributed by atoms with Crippen molar-refractivity contribution in [3.8, 4) is 5.75 Å². The van der Waals surface area contributed by atoms with Crippen LogP contribution >= 0.6 is 12.2 Å². The Balaban J connectivity index is 1.49. The van der Waals surface area contributed by atoms with Crippen molar-refractivity contribution < 1.29 is 19.1 Å². The number of para-hydroxylation sites is 1. The summed E-state index contributed by atoms with van der Waals surface area (Å²) >= 11 is 5.16. The van der Waals surface area contributed by atoms with Crippen LogP contribution in [0.15, 0.2) is 72.8 Å². The fraction of sp³-hybridized carbons (Fsp3) is 0.290. The molecule has 0 aromatic heterocycles. The van der Waals surface area contributed by atoms with Crippen molar-refractivity contribution >= 4 is 40.7 Å². The van der Waals surface area contributed by atoms with Crippen molar-refractivity contribution in [2.24, 2.45) is 5.92 Å². The van der Waals surface area contributed by atoms with E-state index < -0.39 is 11.8 Å². The molecule has 210 valence electrons. The molecule has 0 aliphatic carbocycles. The SMILES string of the molecule is CC(C)CCOc1ccccc1C(=O)NC(=S)NNC(=O)c1ccc(NC(=O)c2ccc(C(C)(C)C)cc2)cc1. The molecule has 0 atom stereocenters. The van der Waals surface area contributed by atoms with E-state index >= 15 is 0 Å². The summed E-state index contributed by atoms with van der Waals surface area (Å²) in [4.78, 5) is 37.9. The van der Waals surface area contributed by atoms with Gasteiger partial charge in [0.15, 0.2) is 5.11 Å². The summed E-state index contributed by atoms with van der Waals surface area (Å²) in [7, 11) is 0. The number of hydrogen-bond donors (Lipinski definition) is 4. The van der Waals surface area contributed by atoms with Gasteiger partial charge >= 0.3 is 0 Å². The van der Waals surface area contributed by atoms with Gasteiger partial charge in [0.25, 0.3) is 17.7 Å². The molecule has 3 aromatic carbocycles. The molecule has 3 aromatic rings. The zero-order valence-electron chi connectivity index (χ0n) is 23.5. The first kappa shape index (κ1) is 30.3. The highest BCUT2D eigenvalue weighted by Gasteiger charge is 2.16. The quantitative estimate of drug-likeness (QED) is 0.211. The van der Waals surface area contributed by atoms with Crippen LogP contribution in [0.5, 0.6) is 5.75 Å². The number of amides is 3. The van der Waals surface area contributed by atoms with Gasteiger partial charge in [0.2, 0.25) is 0 Å². The zero-order chi connectivity index (χ0) is 29.3. The van der Waals surface area contributed by atoms with Gasteiger partial charge in [-0.3, -0.25) is 30.6 Å². The van der Waals surface area contributed by atoms with Crippen molar-refractivity contribution in [2.45, 2.75) is 46.5 Å². The number of hydrogen-bond acceptors (Lipinski definition) is 5. The molecule has 4 N–H and O–H groups in total. The second-order valence-corrected chi connectivity index (χ2v) is 11.2. The molecule has 0 saturated heterocycles. The Kier molecular flexibility index (Phi) is 10.4. The van der Waals surface area contributed by atoms with Crippen molar-refractivity contribution in [1.29, 1.82) is 0 Å². The van der Waals surface area contributed by atoms with Gasteiger partial charge in [-0.2, -0.15) is 0 Å². The van der Waals surface area contributed by atoms with Crippen molar-refractivity contribution in [3.63, 3.8) is 0 Å². The standard InChI is InChI=1S/C31H36N4O4S/c1-20(2)18-19-39-26-9-7-6-8-25(26)29(38)33-30(40)35-34-28(37)22-12-16-24(17-13-22)32-27(36)21-10-14-23(15-11-21)31(3,4)5/h6-17,20H,18-19H2,1-5H3,(H,32,36)(H,34,37)(H2,33,35,38,40). The number of benzene rings is 3. The van der Waals surface area contributed by atoms with Crippen LogP contribution in [0.4, 0.5) is 5.69 Å². The molecular formula is C31H36N4O4S. The van der Waals surface area contributed by atoms with Crippen molar-refractivity contribution in [3.05, 3.63) is 95.1 Å². The molecule has 40 heavy (non-hydrogen) atoms. The molecular weight excluding hydrogens is 524 g/mol. The van der Waals surface area contributed by atoms with Crippen LogP contribution in [0.3, 0.4) is 0 Å². The number of ether oxygens (including phenoxy) is 1. The minimum atomic E-state index is -0.468. The smallest absolute Gasteiger partial charge is 0.269 e. The number of carbonyl (C=O) groups is 3. The molecule has 0 heterocycles. The summed E-state index contributed by atoms with van der Waals surface area (Å²) in [6.45, 7) is 11.0. The topological polar surface area (TPSA) is 109 Å². The fourth-order valence-electron chi connectivity index (χ4n) is 3.60. The first-order valence-corrected chi connectivity index (χ1v) is 13.5. The highest BCUT2D eigenvalue weighted by molar-refractivity contribution is 7.80. The van der Waals surface area contributed by atoms with Gasteiger partial charge in [0.05, 0.1) is 12.2 Å². The van der Waals surface area contributed by atoms with Gasteiger partial charge in [0.1, 0.15) is 5.75 Å². The molecule has 0 aliphatic rings. The summed E-state index contributed by atoms with van der Waals surface area (Å²) in [6, 6.07) is 20.8. The van der Waals surface area contributed by atoms with Crippen molar-refractivity contribution in [1.82, 2.24) is 16.2 Å². The summed E-state index contributed by atoms with van der Waals surface area (Å²) in [5.74, 6) is -0.230. The van der Waals surface area contributed by atoms with E-state index in [2.05, 4.69) is 56.1 Å². The van der Waals surface area contributed by atoms with Gasteiger partial charge < -0.3 is 10.1 Å². The first-order chi connectivity index (χ1) is 18.9. The van der Waals surface area contributed by atoms with Crippen LogP contribution in [0.2, 0.25) is 0 Å². The monoisotopic (exact) mass is 560 g/mol. The van der Waals surface area contributed by atoms with Crippen LogP contribution in [-0.2, 0) is 5.41 Å². The predicted molar refractivity (Wildman–Crippen MR) is 162 cm³/mol. The second-order valence-electron chi connectivity index (χ2n) is 10.7. The lowest BCUT2D eigenvalue weighted by atomic mass is 9.87. The summed E-state index contributed by atoms with van der Waals surface area (Å²) in [5.41, 5.74) is 7.89. The molecule has 3 rings (SSSR count). The van der Waals surface area contributed by atoms with Gasteiger partial charge in [-0.1, -0.05) is 58.9 Å². The Bertz CT molecular complexity index is 1350. The van der Waals surface area contributed by atoms with Gasteiger partial charge in [-0.15, -0.1) is 0 Å². The highest BCUT2D eigenvalue weighted by atomic mass is 32.1. The van der Waals surface area contributed by atoms with Gasteiger partial charge in [0, 0.05) is 16.8 Å². The molecule has 0 bridgehead atoms. The number of thiocarbonyl (C=S) groups is 1. The maximum Gasteiger partial charge on any atom is 0.269 e. The Hall–Kier alpha value is -4.24. The Labute approximate surface area is 240 Å². The number of rotatable bonds is 8. The lowest BCUT2D eigenvalue weighted by Crippen LogP contribution is -2.48. The molecule has 9 heteroatoms. The fourth-order valence-corrected chi connectivity index (χ4v) is 3.75. The Morgan fingerprint density at radius 2 is 1.40 bits per heavy atom. The summed E-state index contributed by atoms with van der Waals surface area (Å²) < 4.78 is 5.76. The van der Waals surface area contributed by atoms with E-state index in [4.69, 9.17) is 17.0 Å². The molecule has 0 saturated carbocycles. The van der Waals surface area contributed by atoms with E-state index in [0.717, 1.165) is 12.0 Å². The maximum absolute atomic E-state index is 12.7. The zero-order valence-corrected chi connectivity index (χ0v) is 24.3. The minimum Gasteiger partial charge on any atom is -0.493 e. The maximum atomic E-state index is 12.7. The van der Waals surface area contributed by atoms with E-state index in [1.54, 1.807) is 60.7 Å². The lowest BCUT2D eigenvalue weighted by molar-refractivity contribution is 0.0933. The van der Waals surface area contributed by atoms with Crippen LogP contribution < -0.4 is 26.2 Å². The largest absolute Gasteiger partial charge is 0.493 e. The molecule has 0 unspecified atom stereocenters. The van der Waals surface area contributed by atoms with E-state index in [1.807, 2.05) is 12.1 Å². The van der Waals surface area contributed by atoms with Crippen LogP contribution in [0.1, 0.15) is 77.7 Å². The van der Waals surface area contributed by atoms with Crippen LogP contribution in [0.25, 0.3) is 0 Å². The minimum absolute atomic E-state index is 0.00285. The predicted octanol–water partition coefficient (Wildman–Crippen LogP) is 5.61. The molecule has 8 nitrogen and oxygen atoms in total. The van der Waals surface area contributed by atoms with Crippen LogP contribution in [0, 0.1) is 5.92 Å². The van der Waals surface area contributed by atoms with Gasteiger partial charge in [-0.05, 0) is 84.1 Å². The van der Waals surface area contributed by atoms with Crippen molar-refractivity contribution in [2.75, 3.05) is 11.9 Å². The highest BCUT2D eigenvalue weighted by Crippen LogP contribution is 2.23. The van der Waals surface area contributed by atoms with E-state index in [9.17, 15) is 14.4 Å². The first-order valence-electron chi connectivity index (χ1n) is 13.1. The lowest BCUT2D eigenvalue weighted by Gasteiger charge is -2.19. The Morgan fingerprint density at radius 3 is 2.02 bits per heavy atom. The number of carbonyl (C=O) groups excluding carboxylic acids is 3. The van der Waals surface area contributed by atoms with E-state index in [-0.39, 0.29) is 16.4 Å². The third kappa shape index (κ3) is 8.91. The number of hydrazine groups is 1. The average molecular weight is 561 g/mol. The van der Waals surface area contributed by atoms with E-state index in [1.165, 1.54) is 0 Å². The third-order valence-electron chi connectivity index (χ3n) is 6.02. The molecule has 0 fully saturated rings. The second kappa shape index (κ2) is 13.7. The number of nitrogens with one attached hydrogen (secondary N) is 4. The average Bonchev–Trinajstić information content (AvgIpc) is 2.91. The Morgan fingerprint density at radius 1 is 0.800 bits per heavy atom. The normalized spacial score (nSPS) is 10.9.